The third-order valence-electron chi connectivity index (χ3n) is 4.08. The van der Waals surface area contributed by atoms with Gasteiger partial charge in [-0.15, -0.1) is 0 Å². The minimum Gasteiger partial charge on any atom is -0.481 e. The van der Waals surface area contributed by atoms with Gasteiger partial charge in [0.15, 0.2) is 0 Å². The van der Waals surface area contributed by atoms with Gasteiger partial charge in [0, 0.05) is 19.8 Å². The summed E-state index contributed by atoms with van der Waals surface area (Å²) in [4.78, 5) is 17.5. The summed E-state index contributed by atoms with van der Waals surface area (Å²) in [5, 5.41) is 4.43. The zero-order chi connectivity index (χ0) is 15.0. The molecule has 1 amide bonds. The predicted molar refractivity (Wildman–Crippen MR) is 78.3 cm³/mol. The number of likely N-dealkylation sites (tertiary alicyclic amines) is 1. The summed E-state index contributed by atoms with van der Waals surface area (Å²) in [6.07, 6.45) is 3.71. The van der Waals surface area contributed by atoms with Crippen molar-refractivity contribution in [3.8, 4) is 5.88 Å². The van der Waals surface area contributed by atoms with Crippen LogP contribution in [0.2, 0.25) is 0 Å². The fourth-order valence-corrected chi connectivity index (χ4v) is 3.21. The molecule has 3 rings (SSSR count). The van der Waals surface area contributed by atoms with Crippen LogP contribution < -0.4 is 4.74 Å². The van der Waals surface area contributed by atoms with Gasteiger partial charge in [0.1, 0.15) is 5.69 Å². The van der Waals surface area contributed by atoms with E-state index >= 15 is 0 Å². The number of ether oxygens (including phenoxy) is 1. The molecule has 0 spiro atoms. The molecule has 0 saturated carbocycles. The van der Waals surface area contributed by atoms with E-state index in [0.29, 0.717) is 5.69 Å². The van der Waals surface area contributed by atoms with Crippen molar-refractivity contribution in [1.29, 1.82) is 0 Å². The van der Waals surface area contributed by atoms with Crippen molar-refractivity contribution in [1.82, 2.24) is 19.7 Å². The summed E-state index contributed by atoms with van der Waals surface area (Å²) in [6, 6.07) is 3.68. The Labute approximate surface area is 123 Å². The summed E-state index contributed by atoms with van der Waals surface area (Å²) in [5.74, 6) is 0.775. The van der Waals surface area contributed by atoms with E-state index in [9.17, 15) is 4.79 Å². The summed E-state index contributed by atoms with van der Waals surface area (Å²) in [7, 11) is 3.51. The smallest absolute Gasteiger partial charge is 0.270 e. The largest absolute Gasteiger partial charge is 0.481 e. The summed E-state index contributed by atoms with van der Waals surface area (Å²) in [5.41, 5.74) is 2.57. The van der Waals surface area contributed by atoms with Crippen LogP contribution in [0.4, 0.5) is 0 Å². The van der Waals surface area contributed by atoms with Gasteiger partial charge in [-0.2, -0.15) is 5.10 Å². The molecule has 3 heterocycles. The third-order valence-corrected chi connectivity index (χ3v) is 4.08. The van der Waals surface area contributed by atoms with Gasteiger partial charge in [0.05, 0.1) is 24.4 Å². The number of carbonyl (C=O) groups is 1. The lowest BCUT2D eigenvalue weighted by Gasteiger charge is -2.24. The molecular weight excluding hydrogens is 268 g/mol. The van der Waals surface area contributed by atoms with Crippen LogP contribution in [0.5, 0.6) is 5.88 Å². The number of methoxy groups -OCH3 is 1. The number of nitrogens with one attached hydrogen (secondary N) is 1. The Balaban J connectivity index is 1.96. The molecule has 1 saturated heterocycles. The van der Waals surface area contributed by atoms with Gasteiger partial charge < -0.3 is 14.6 Å². The summed E-state index contributed by atoms with van der Waals surface area (Å²) in [6.45, 7) is 2.73. The highest BCUT2D eigenvalue weighted by Crippen LogP contribution is 2.39. The van der Waals surface area contributed by atoms with Crippen molar-refractivity contribution < 1.29 is 9.53 Å². The Hall–Kier alpha value is -2.24. The Morgan fingerprint density at radius 3 is 3.00 bits per heavy atom. The second kappa shape index (κ2) is 5.27. The van der Waals surface area contributed by atoms with Crippen LogP contribution in [0, 0.1) is 6.92 Å². The van der Waals surface area contributed by atoms with E-state index < -0.39 is 0 Å². The SMILES string of the molecule is COc1c([C@@H]2CCCN2C(=O)c2ccc[nH]2)c(C)nn1C. The number of aromatic amines is 1. The molecule has 21 heavy (non-hydrogen) atoms. The standard InChI is InChI=1S/C15H20N4O2/c1-10-13(15(21-3)18(2)17-10)12-7-5-9-19(12)14(20)11-6-4-8-16-11/h4,6,8,12,16H,5,7,9H2,1-3H3/t12-/m0/s1. The Morgan fingerprint density at radius 2 is 2.33 bits per heavy atom. The van der Waals surface area contributed by atoms with Crippen LogP contribution in [0.15, 0.2) is 18.3 Å². The molecule has 112 valence electrons. The van der Waals surface area contributed by atoms with Crippen LogP contribution >= 0.6 is 0 Å². The molecule has 6 heteroatoms. The summed E-state index contributed by atoms with van der Waals surface area (Å²) >= 11 is 0. The van der Waals surface area contributed by atoms with Gasteiger partial charge >= 0.3 is 0 Å². The number of amides is 1. The van der Waals surface area contributed by atoms with Crippen molar-refractivity contribution in [3.63, 3.8) is 0 Å². The molecule has 2 aromatic heterocycles. The minimum absolute atomic E-state index is 0.0319. The molecule has 0 aliphatic carbocycles. The van der Waals surface area contributed by atoms with E-state index in [0.717, 1.165) is 36.5 Å². The number of aromatic nitrogens is 3. The monoisotopic (exact) mass is 288 g/mol. The molecule has 6 nitrogen and oxygen atoms in total. The van der Waals surface area contributed by atoms with Crippen LogP contribution in [-0.4, -0.2) is 39.2 Å². The maximum atomic E-state index is 12.6. The third kappa shape index (κ3) is 2.20. The average molecular weight is 288 g/mol. The van der Waals surface area contributed by atoms with E-state index in [4.69, 9.17) is 4.74 Å². The molecular formula is C15H20N4O2. The van der Waals surface area contributed by atoms with E-state index in [1.54, 1.807) is 18.0 Å². The molecule has 0 unspecified atom stereocenters. The Morgan fingerprint density at radius 1 is 1.52 bits per heavy atom. The second-order valence-electron chi connectivity index (χ2n) is 5.37. The predicted octanol–water partition coefficient (Wildman–Crippen LogP) is 2.04. The second-order valence-corrected chi connectivity index (χ2v) is 5.37. The highest BCUT2D eigenvalue weighted by atomic mass is 16.5. The number of carbonyl (C=O) groups excluding carboxylic acids is 1. The van der Waals surface area contributed by atoms with E-state index in [2.05, 4.69) is 10.1 Å². The van der Waals surface area contributed by atoms with Crippen LogP contribution in [0.3, 0.4) is 0 Å². The Bertz CT molecular complexity index is 645. The van der Waals surface area contributed by atoms with Gasteiger partial charge in [-0.1, -0.05) is 0 Å². The number of H-pyrrole nitrogens is 1. The van der Waals surface area contributed by atoms with Crippen LogP contribution in [0.25, 0.3) is 0 Å². The molecule has 1 fully saturated rings. The number of hydrogen-bond acceptors (Lipinski definition) is 3. The normalized spacial score (nSPS) is 18.2. The van der Waals surface area contributed by atoms with Crippen molar-refractivity contribution >= 4 is 5.91 Å². The Kier molecular flexibility index (Phi) is 3.45. The highest BCUT2D eigenvalue weighted by molar-refractivity contribution is 5.93. The molecule has 1 N–H and O–H groups in total. The topological polar surface area (TPSA) is 63.1 Å². The van der Waals surface area contributed by atoms with Crippen LogP contribution in [0.1, 0.15) is 40.6 Å². The van der Waals surface area contributed by atoms with Gasteiger partial charge in [-0.05, 0) is 31.9 Å². The van der Waals surface area contributed by atoms with Gasteiger partial charge in [-0.25, -0.2) is 4.68 Å². The van der Waals surface area contributed by atoms with Crippen LogP contribution in [-0.2, 0) is 7.05 Å². The number of rotatable bonds is 3. The first-order chi connectivity index (χ1) is 10.1. The number of aryl methyl sites for hydroxylation is 2. The van der Waals surface area contributed by atoms with Crippen molar-refractivity contribution in [2.24, 2.45) is 7.05 Å². The minimum atomic E-state index is 0.0319. The first kappa shape index (κ1) is 13.7. The summed E-state index contributed by atoms with van der Waals surface area (Å²) < 4.78 is 7.22. The quantitative estimate of drug-likeness (QED) is 0.940. The average Bonchev–Trinajstić information content (AvgIpc) is 3.16. The number of hydrogen-bond donors (Lipinski definition) is 1. The van der Waals surface area contributed by atoms with Gasteiger partial charge in [-0.3, -0.25) is 4.79 Å². The molecule has 2 aromatic rings. The zero-order valence-corrected chi connectivity index (χ0v) is 12.6. The lowest BCUT2D eigenvalue weighted by Crippen LogP contribution is -2.31. The first-order valence-electron chi connectivity index (χ1n) is 7.15. The number of nitrogens with zero attached hydrogens (tertiary/aromatic N) is 3. The first-order valence-corrected chi connectivity index (χ1v) is 7.15. The van der Waals surface area contributed by atoms with Crippen molar-refractivity contribution in [2.45, 2.75) is 25.8 Å². The van der Waals surface area contributed by atoms with Gasteiger partial charge in [0.25, 0.3) is 5.91 Å². The van der Waals surface area contributed by atoms with E-state index in [1.807, 2.05) is 31.0 Å². The van der Waals surface area contributed by atoms with Gasteiger partial charge in [0.2, 0.25) is 5.88 Å². The molecule has 1 atom stereocenters. The lowest BCUT2D eigenvalue weighted by molar-refractivity contribution is 0.0728. The molecule has 1 aliphatic heterocycles. The lowest BCUT2D eigenvalue weighted by atomic mass is 10.0. The molecule has 1 aliphatic rings. The molecule has 0 aromatic carbocycles. The fourth-order valence-electron chi connectivity index (χ4n) is 3.21. The molecule has 0 bridgehead atoms. The zero-order valence-electron chi connectivity index (χ0n) is 12.6. The molecule has 0 radical (unpaired) electrons. The highest BCUT2D eigenvalue weighted by Gasteiger charge is 2.35. The van der Waals surface area contributed by atoms with E-state index in [1.165, 1.54) is 0 Å². The van der Waals surface area contributed by atoms with Crippen molar-refractivity contribution in [2.75, 3.05) is 13.7 Å². The fraction of sp³-hybridized carbons (Fsp3) is 0.467. The maximum absolute atomic E-state index is 12.6. The van der Waals surface area contributed by atoms with E-state index in [-0.39, 0.29) is 11.9 Å². The maximum Gasteiger partial charge on any atom is 0.270 e. The van der Waals surface area contributed by atoms with Crippen molar-refractivity contribution in [3.05, 3.63) is 35.3 Å².